The van der Waals surface area contributed by atoms with Crippen LogP contribution in [0.2, 0.25) is 0 Å². The van der Waals surface area contributed by atoms with Gasteiger partial charge in [-0.15, -0.1) is 0 Å². The first kappa shape index (κ1) is 23.5. The van der Waals surface area contributed by atoms with Crippen LogP contribution in [0.5, 0.6) is 0 Å². The number of esters is 1. The van der Waals surface area contributed by atoms with E-state index < -0.39 is 0 Å². The summed E-state index contributed by atoms with van der Waals surface area (Å²) in [7, 11) is 0. The zero-order chi connectivity index (χ0) is 24.2. The van der Waals surface area contributed by atoms with E-state index in [1.54, 1.807) is 0 Å². The van der Waals surface area contributed by atoms with Crippen molar-refractivity contribution >= 4 is 11.9 Å². The summed E-state index contributed by atoms with van der Waals surface area (Å²) in [5.41, 5.74) is 2.74. The van der Waals surface area contributed by atoms with Gasteiger partial charge < -0.3 is 10.1 Å². The second-order valence-corrected chi connectivity index (χ2v) is 12.6. The number of carbonyl (C=O) groups is 2. The molecule has 1 amide bonds. The normalized spacial score (nSPS) is 34.9. The Morgan fingerprint density at radius 1 is 1.03 bits per heavy atom. The summed E-state index contributed by atoms with van der Waals surface area (Å²) < 4.78 is 7.62. The molecule has 6 nitrogen and oxygen atoms in total. The Bertz CT molecular complexity index is 941. The molecule has 1 aromatic rings. The maximum Gasteiger partial charge on any atom is 0.313 e. The molecule has 6 aliphatic rings. The van der Waals surface area contributed by atoms with Gasteiger partial charge in [0.15, 0.2) is 5.69 Å². The molecule has 0 radical (unpaired) electrons. The largest absolute Gasteiger partial charge is 0.466 e. The number of nitrogens with one attached hydrogen (secondary N) is 1. The van der Waals surface area contributed by atoms with E-state index in [9.17, 15) is 9.59 Å². The SMILES string of the molecule is CCOC(=O)C1CCCc2c1c(C(=O)NC(C)C13CC4CC(CC(C4)C1)C3)nn2C1CCCCC1. The first-order chi connectivity index (χ1) is 17.0. The van der Waals surface area contributed by atoms with Crippen LogP contribution < -0.4 is 5.32 Å². The van der Waals surface area contributed by atoms with Gasteiger partial charge >= 0.3 is 5.97 Å². The quantitative estimate of drug-likeness (QED) is 0.529. The topological polar surface area (TPSA) is 73.2 Å². The third-order valence-corrected chi connectivity index (χ3v) is 10.4. The van der Waals surface area contributed by atoms with Gasteiger partial charge in [-0.1, -0.05) is 19.3 Å². The van der Waals surface area contributed by atoms with Crippen LogP contribution in [0, 0.1) is 23.2 Å². The minimum atomic E-state index is -0.369. The van der Waals surface area contributed by atoms with Crippen LogP contribution in [-0.4, -0.2) is 34.3 Å². The lowest BCUT2D eigenvalue weighted by Gasteiger charge is -2.59. The molecule has 7 rings (SSSR count). The molecule has 0 saturated heterocycles. The second kappa shape index (κ2) is 9.23. The van der Waals surface area contributed by atoms with E-state index in [-0.39, 0.29) is 29.3 Å². The van der Waals surface area contributed by atoms with Crippen molar-refractivity contribution in [3.8, 4) is 0 Å². The van der Waals surface area contributed by atoms with E-state index in [2.05, 4.69) is 16.9 Å². The fourth-order valence-corrected chi connectivity index (χ4v) is 9.12. The fourth-order valence-electron chi connectivity index (χ4n) is 9.12. The lowest BCUT2D eigenvalue weighted by molar-refractivity contribution is -0.145. The molecule has 1 aromatic heterocycles. The standard InChI is InChI=1S/C29H43N3O3/c1-3-35-28(34)23-10-7-11-24-25(23)26(31-32(24)22-8-5-4-6-9-22)27(33)30-18(2)29-15-19-12-20(16-29)14-21(13-19)17-29/h18-23H,3-17H2,1-2H3,(H,30,33). The van der Waals surface area contributed by atoms with Gasteiger partial charge in [0.05, 0.1) is 18.6 Å². The highest BCUT2D eigenvalue weighted by molar-refractivity contribution is 5.96. The molecule has 6 heteroatoms. The van der Waals surface area contributed by atoms with Crippen LogP contribution in [0.15, 0.2) is 0 Å². The second-order valence-electron chi connectivity index (χ2n) is 12.6. The Hall–Kier alpha value is -1.85. The van der Waals surface area contributed by atoms with Crippen LogP contribution >= 0.6 is 0 Å². The summed E-state index contributed by atoms with van der Waals surface area (Å²) in [6.07, 6.45) is 16.5. The first-order valence-electron chi connectivity index (χ1n) is 14.6. The molecule has 6 aliphatic carbocycles. The average molecular weight is 482 g/mol. The average Bonchev–Trinajstić information content (AvgIpc) is 3.24. The van der Waals surface area contributed by atoms with E-state index in [4.69, 9.17) is 9.84 Å². The predicted molar refractivity (Wildman–Crippen MR) is 134 cm³/mol. The van der Waals surface area contributed by atoms with Gasteiger partial charge in [-0.2, -0.15) is 5.10 Å². The van der Waals surface area contributed by atoms with Gasteiger partial charge in [0.1, 0.15) is 0 Å². The Morgan fingerprint density at radius 3 is 2.31 bits per heavy atom. The Balaban J connectivity index is 1.30. The molecular weight excluding hydrogens is 438 g/mol. The summed E-state index contributed by atoms with van der Waals surface area (Å²) in [4.78, 5) is 26.9. The van der Waals surface area contributed by atoms with Crippen LogP contribution in [0.1, 0.15) is 131 Å². The highest BCUT2D eigenvalue weighted by Gasteiger charge is 2.53. The summed E-state index contributed by atoms with van der Waals surface area (Å²) in [5.74, 6) is 1.92. The number of nitrogens with zero attached hydrogens (tertiary/aromatic N) is 2. The van der Waals surface area contributed by atoms with E-state index in [0.29, 0.717) is 18.3 Å². The van der Waals surface area contributed by atoms with Crippen LogP contribution in [0.3, 0.4) is 0 Å². The van der Waals surface area contributed by atoms with Crippen molar-refractivity contribution in [1.29, 1.82) is 0 Å². The lowest BCUT2D eigenvalue weighted by Crippen LogP contribution is -2.56. The van der Waals surface area contributed by atoms with Gasteiger partial charge in [-0.3, -0.25) is 14.3 Å². The maximum atomic E-state index is 13.9. The number of hydrogen-bond donors (Lipinski definition) is 1. The number of carbonyl (C=O) groups excluding carboxylic acids is 2. The summed E-state index contributed by atoms with van der Waals surface area (Å²) in [6, 6.07) is 0.490. The van der Waals surface area contributed by atoms with Crippen molar-refractivity contribution in [2.45, 2.75) is 122 Å². The Labute approximate surface area is 209 Å². The van der Waals surface area contributed by atoms with Gasteiger partial charge in [-0.25, -0.2) is 0 Å². The fraction of sp³-hybridized carbons (Fsp3) is 0.828. The van der Waals surface area contributed by atoms with Crippen LogP contribution in [0.4, 0.5) is 0 Å². The molecule has 0 spiro atoms. The molecule has 1 heterocycles. The number of aromatic nitrogens is 2. The maximum absolute atomic E-state index is 13.9. The van der Waals surface area contributed by atoms with Crippen molar-refractivity contribution in [1.82, 2.24) is 15.1 Å². The molecule has 5 saturated carbocycles. The van der Waals surface area contributed by atoms with Gasteiger partial charge in [0.25, 0.3) is 5.91 Å². The minimum absolute atomic E-state index is 0.0738. The highest BCUT2D eigenvalue weighted by Crippen LogP contribution is 2.61. The molecule has 2 atom stereocenters. The van der Waals surface area contributed by atoms with Crippen LogP contribution in [0.25, 0.3) is 0 Å². The number of rotatable bonds is 6. The third kappa shape index (κ3) is 4.13. The summed E-state index contributed by atoms with van der Waals surface area (Å²) in [6.45, 7) is 4.46. The molecule has 1 N–H and O–H groups in total. The van der Waals surface area contributed by atoms with Gasteiger partial charge in [0, 0.05) is 17.3 Å². The molecule has 0 aromatic carbocycles. The van der Waals surface area contributed by atoms with Crippen molar-refractivity contribution in [2.75, 3.05) is 6.61 Å². The molecule has 5 fully saturated rings. The van der Waals surface area contributed by atoms with E-state index in [0.717, 1.165) is 61.1 Å². The summed E-state index contributed by atoms with van der Waals surface area (Å²) >= 11 is 0. The van der Waals surface area contributed by atoms with Gasteiger partial charge in [-0.05, 0) is 108 Å². The number of amides is 1. The Kier molecular flexibility index (Phi) is 6.21. The van der Waals surface area contributed by atoms with Crippen molar-refractivity contribution < 1.29 is 14.3 Å². The molecule has 0 aliphatic heterocycles. The van der Waals surface area contributed by atoms with E-state index in [1.807, 2.05) is 6.92 Å². The molecule has 192 valence electrons. The van der Waals surface area contributed by atoms with E-state index in [1.165, 1.54) is 57.8 Å². The summed E-state index contributed by atoms with van der Waals surface area (Å²) in [5, 5.41) is 8.45. The lowest BCUT2D eigenvalue weighted by atomic mass is 9.48. The predicted octanol–water partition coefficient (Wildman–Crippen LogP) is 5.71. The third-order valence-electron chi connectivity index (χ3n) is 10.4. The minimum Gasteiger partial charge on any atom is -0.466 e. The smallest absolute Gasteiger partial charge is 0.313 e. The molecular formula is C29H43N3O3. The Morgan fingerprint density at radius 2 is 1.69 bits per heavy atom. The van der Waals surface area contributed by atoms with Crippen LogP contribution in [-0.2, 0) is 16.0 Å². The molecule has 4 bridgehead atoms. The van der Waals surface area contributed by atoms with Crippen molar-refractivity contribution in [3.05, 3.63) is 17.0 Å². The zero-order valence-corrected chi connectivity index (χ0v) is 21.7. The van der Waals surface area contributed by atoms with E-state index >= 15 is 0 Å². The van der Waals surface area contributed by atoms with Gasteiger partial charge in [0.2, 0.25) is 0 Å². The molecule has 35 heavy (non-hydrogen) atoms. The number of hydrogen-bond acceptors (Lipinski definition) is 4. The van der Waals surface area contributed by atoms with Crippen molar-refractivity contribution in [3.63, 3.8) is 0 Å². The molecule has 2 unspecified atom stereocenters. The number of ether oxygens (including phenoxy) is 1. The van der Waals surface area contributed by atoms with Crippen molar-refractivity contribution in [2.24, 2.45) is 23.2 Å². The monoisotopic (exact) mass is 481 g/mol. The highest BCUT2D eigenvalue weighted by atomic mass is 16.5. The first-order valence-corrected chi connectivity index (χ1v) is 14.6. The number of fused-ring (bicyclic) bond motifs is 1. The zero-order valence-electron chi connectivity index (χ0n) is 21.7.